The number of carbonyl (C=O) groups excluding carboxylic acids is 1. The molecule has 0 aliphatic carbocycles. The molecule has 2 aromatic carbocycles. The molecule has 0 aliphatic heterocycles. The van der Waals surface area contributed by atoms with E-state index < -0.39 is 33.4 Å². The summed E-state index contributed by atoms with van der Waals surface area (Å²) in [6, 6.07) is 12.0. The Labute approximate surface area is 148 Å². The summed E-state index contributed by atoms with van der Waals surface area (Å²) in [5.74, 6) is 0. The summed E-state index contributed by atoms with van der Waals surface area (Å²) in [5, 5.41) is 24.1. The summed E-state index contributed by atoms with van der Waals surface area (Å²) in [7, 11) is 0. The van der Waals surface area contributed by atoms with E-state index in [1.54, 1.807) is 0 Å². The van der Waals surface area contributed by atoms with Crippen molar-refractivity contribution < 1.29 is 19.4 Å². The van der Waals surface area contributed by atoms with Gasteiger partial charge in [-0.3, -0.25) is 25.5 Å². The molecule has 9 heteroatoms. The van der Waals surface area contributed by atoms with Gasteiger partial charge in [0.05, 0.1) is 21.6 Å². The standard InChI is InChI=1S/C17H17N3O6/c1-2-6-16(12-7-4-3-5-8-12)26-17(21)18-13-9-14(19(22)23)11-15(10-13)20(24)25/h3-5,7-11,16H,2,6H2,1H3,(H,18,21). The fourth-order valence-electron chi connectivity index (χ4n) is 2.38. The number of nitro benzene ring substituents is 2. The van der Waals surface area contributed by atoms with Crippen molar-refractivity contribution in [3.8, 4) is 0 Å². The minimum absolute atomic E-state index is 0.0841. The maximum Gasteiger partial charge on any atom is 0.412 e. The largest absolute Gasteiger partial charge is 0.441 e. The lowest BCUT2D eigenvalue weighted by Gasteiger charge is -2.18. The molecular weight excluding hydrogens is 342 g/mol. The van der Waals surface area contributed by atoms with Gasteiger partial charge in [0, 0.05) is 12.1 Å². The highest BCUT2D eigenvalue weighted by atomic mass is 16.6. The Morgan fingerprint density at radius 2 is 1.65 bits per heavy atom. The van der Waals surface area contributed by atoms with Crippen molar-refractivity contribution in [1.82, 2.24) is 0 Å². The van der Waals surface area contributed by atoms with E-state index in [2.05, 4.69) is 5.32 Å². The molecule has 0 aromatic heterocycles. The minimum Gasteiger partial charge on any atom is -0.441 e. The van der Waals surface area contributed by atoms with Gasteiger partial charge in [0.25, 0.3) is 11.4 Å². The molecule has 9 nitrogen and oxygen atoms in total. The van der Waals surface area contributed by atoms with Crippen molar-refractivity contribution >= 4 is 23.2 Å². The molecule has 0 fully saturated rings. The number of nitrogens with one attached hydrogen (secondary N) is 1. The van der Waals surface area contributed by atoms with Gasteiger partial charge in [-0.05, 0) is 12.0 Å². The first-order chi connectivity index (χ1) is 12.4. The first-order valence-corrected chi connectivity index (χ1v) is 7.87. The van der Waals surface area contributed by atoms with E-state index in [0.29, 0.717) is 6.42 Å². The van der Waals surface area contributed by atoms with Gasteiger partial charge in [-0.2, -0.15) is 0 Å². The van der Waals surface area contributed by atoms with Crippen molar-refractivity contribution in [2.24, 2.45) is 0 Å². The summed E-state index contributed by atoms with van der Waals surface area (Å²) in [4.78, 5) is 32.4. The zero-order chi connectivity index (χ0) is 19.1. The SMILES string of the molecule is CCCC(OC(=O)Nc1cc([N+](=O)[O-])cc([N+](=O)[O-])c1)c1ccccc1. The smallest absolute Gasteiger partial charge is 0.412 e. The fraction of sp³-hybridized carbons (Fsp3) is 0.235. The average molecular weight is 359 g/mol. The van der Waals surface area contributed by atoms with Crippen LogP contribution in [0.25, 0.3) is 0 Å². The monoisotopic (exact) mass is 359 g/mol. The zero-order valence-electron chi connectivity index (χ0n) is 14.0. The highest BCUT2D eigenvalue weighted by Crippen LogP contribution is 2.27. The van der Waals surface area contributed by atoms with Gasteiger partial charge in [-0.1, -0.05) is 43.7 Å². The van der Waals surface area contributed by atoms with E-state index in [1.165, 1.54) is 0 Å². The normalized spacial score (nSPS) is 11.4. The summed E-state index contributed by atoms with van der Waals surface area (Å²) < 4.78 is 5.39. The average Bonchev–Trinajstić information content (AvgIpc) is 2.61. The molecule has 2 aromatic rings. The van der Waals surface area contributed by atoms with E-state index in [1.807, 2.05) is 37.3 Å². The predicted octanol–water partition coefficient (Wildman–Crippen LogP) is 4.59. The highest BCUT2D eigenvalue weighted by Gasteiger charge is 2.20. The Bertz CT molecular complexity index is 777. The Morgan fingerprint density at radius 1 is 1.08 bits per heavy atom. The van der Waals surface area contributed by atoms with Crippen LogP contribution in [0.5, 0.6) is 0 Å². The molecule has 1 N–H and O–H groups in total. The number of anilines is 1. The van der Waals surface area contributed by atoms with E-state index in [9.17, 15) is 25.0 Å². The second kappa shape index (κ2) is 8.56. The third-order valence-corrected chi connectivity index (χ3v) is 3.54. The number of nitrogens with zero attached hydrogens (tertiary/aromatic N) is 2. The van der Waals surface area contributed by atoms with Crippen LogP contribution in [-0.2, 0) is 4.74 Å². The molecular formula is C17H17N3O6. The molecule has 2 rings (SSSR count). The van der Waals surface area contributed by atoms with Gasteiger partial charge in [0.2, 0.25) is 0 Å². The number of nitro groups is 2. The quantitative estimate of drug-likeness (QED) is 0.569. The molecule has 0 aliphatic rings. The van der Waals surface area contributed by atoms with Crippen LogP contribution in [-0.4, -0.2) is 15.9 Å². The van der Waals surface area contributed by atoms with E-state index in [-0.39, 0.29) is 5.69 Å². The lowest BCUT2D eigenvalue weighted by Crippen LogP contribution is -2.17. The van der Waals surface area contributed by atoms with Crippen molar-refractivity contribution in [1.29, 1.82) is 0 Å². The van der Waals surface area contributed by atoms with Crippen molar-refractivity contribution in [3.05, 3.63) is 74.3 Å². The maximum atomic E-state index is 12.2. The second-order valence-corrected chi connectivity index (χ2v) is 5.47. The number of hydrogen-bond acceptors (Lipinski definition) is 6. The van der Waals surface area contributed by atoms with Crippen LogP contribution >= 0.6 is 0 Å². The Hall–Kier alpha value is -3.49. The van der Waals surface area contributed by atoms with E-state index in [0.717, 1.165) is 30.2 Å². The molecule has 0 saturated carbocycles. The zero-order valence-corrected chi connectivity index (χ0v) is 14.0. The van der Waals surface area contributed by atoms with Gasteiger partial charge in [0.1, 0.15) is 6.10 Å². The molecule has 0 radical (unpaired) electrons. The van der Waals surface area contributed by atoms with Crippen LogP contribution in [0.1, 0.15) is 31.4 Å². The van der Waals surface area contributed by atoms with Crippen molar-refractivity contribution in [3.63, 3.8) is 0 Å². The summed E-state index contributed by atoms with van der Waals surface area (Å²) in [5.41, 5.74) is -0.265. The Balaban J connectivity index is 2.17. The molecule has 0 spiro atoms. The third-order valence-electron chi connectivity index (χ3n) is 3.54. The molecule has 26 heavy (non-hydrogen) atoms. The van der Waals surface area contributed by atoms with Crippen molar-refractivity contribution in [2.75, 3.05) is 5.32 Å². The van der Waals surface area contributed by atoms with Crippen LogP contribution in [0.15, 0.2) is 48.5 Å². The summed E-state index contributed by atoms with van der Waals surface area (Å²) >= 11 is 0. The van der Waals surface area contributed by atoms with Gasteiger partial charge < -0.3 is 4.74 Å². The summed E-state index contributed by atoms with van der Waals surface area (Å²) in [6.45, 7) is 1.95. The number of hydrogen-bond donors (Lipinski definition) is 1. The number of non-ortho nitro benzene ring substituents is 2. The molecule has 0 saturated heterocycles. The van der Waals surface area contributed by atoms with Crippen LogP contribution in [0.3, 0.4) is 0 Å². The van der Waals surface area contributed by atoms with Gasteiger partial charge in [0.15, 0.2) is 0 Å². The number of carbonyl (C=O) groups is 1. The molecule has 1 unspecified atom stereocenters. The second-order valence-electron chi connectivity index (χ2n) is 5.47. The summed E-state index contributed by atoms with van der Waals surface area (Å²) in [6.07, 6.45) is 0.0266. The van der Waals surface area contributed by atoms with Crippen LogP contribution < -0.4 is 5.32 Å². The van der Waals surface area contributed by atoms with Crippen LogP contribution in [0.4, 0.5) is 21.9 Å². The molecule has 0 bridgehead atoms. The predicted molar refractivity (Wildman–Crippen MR) is 93.9 cm³/mol. The van der Waals surface area contributed by atoms with Crippen LogP contribution in [0, 0.1) is 20.2 Å². The lowest BCUT2D eigenvalue weighted by atomic mass is 10.1. The minimum atomic E-state index is -0.845. The van der Waals surface area contributed by atoms with Gasteiger partial charge in [-0.25, -0.2) is 4.79 Å². The molecule has 1 atom stereocenters. The van der Waals surface area contributed by atoms with E-state index in [4.69, 9.17) is 4.74 Å². The number of benzene rings is 2. The first kappa shape index (κ1) is 18.8. The van der Waals surface area contributed by atoms with Crippen LogP contribution in [0.2, 0.25) is 0 Å². The molecule has 0 heterocycles. The topological polar surface area (TPSA) is 125 Å². The molecule has 136 valence electrons. The molecule has 1 amide bonds. The fourth-order valence-corrected chi connectivity index (χ4v) is 2.38. The lowest BCUT2D eigenvalue weighted by molar-refractivity contribution is -0.394. The van der Waals surface area contributed by atoms with E-state index >= 15 is 0 Å². The number of rotatable bonds is 7. The number of ether oxygens (including phenoxy) is 1. The highest BCUT2D eigenvalue weighted by molar-refractivity contribution is 5.86. The Kier molecular flexibility index (Phi) is 6.20. The van der Waals surface area contributed by atoms with Gasteiger partial charge in [-0.15, -0.1) is 0 Å². The first-order valence-electron chi connectivity index (χ1n) is 7.87. The third kappa shape index (κ3) is 5.00. The maximum absolute atomic E-state index is 12.2. The number of amides is 1. The van der Waals surface area contributed by atoms with Gasteiger partial charge >= 0.3 is 6.09 Å². The van der Waals surface area contributed by atoms with Crippen molar-refractivity contribution in [2.45, 2.75) is 25.9 Å². The Morgan fingerprint density at radius 3 is 2.15 bits per heavy atom.